The molecule has 2 heterocycles. The maximum atomic E-state index is 12.8. The predicted octanol–water partition coefficient (Wildman–Crippen LogP) is 3.62. The average molecular weight is 361 g/mol. The lowest BCUT2D eigenvalue weighted by molar-refractivity contribution is -0.130. The third kappa shape index (κ3) is 3.69. The normalized spacial score (nSPS) is 20.4. The summed E-state index contributed by atoms with van der Waals surface area (Å²) in [6.45, 7) is 13.7. The number of nitrogens with one attached hydrogen (secondary N) is 1. The number of hydrogen-bond acceptors (Lipinski definition) is 3. The van der Waals surface area contributed by atoms with Gasteiger partial charge in [0.1, 0.15) is 5.54 Å². The molecule has 1 aliphatic rings. The van der Waals surface area contributed by atoms with Gasteiger partial charge < -0.3 is 9.88 Å². The first-order valence-electron chi connectivity index (χ1n) is 9.33. The Bertz CT molecular complexity index is 733. The fourth-order valence-electron chi connectivity index (χ4n) is 3.72. The van der Waals surface area contributed by atoms with Gasteiger partial charge in [-0.1, -0.05) is 13.8 Å². The van der Waals surface area contributed by atoms with Crippen LogP contribution in [0.2, 0.25) is 0 Å². The number of aryl methyl sites for hydroxylation is 1. The number of ketones is 1. The second-order valence-corrected chi connectivity index (χ2v) is 8.26. The highest BCUT2D eigenvalue weighted by Gasteiger charge is 2.48. The lowest BCUT2D eigenvalue weighted by Gasteiger charge is -2.22. The van der Waals surface area contributed by atoms with Crippen LogP contribution in [-0.2, 0) is 4.79 Å². The van der Waals surface area contributed by atoms with Crippen LogP contribution < -0.4 is 5.32 Å². The number of carbonyl (C=O) groups excluding carboxylic acids is 3. The van der Waals surface area contributed by atoms with Gasteiger partial charge in [-0.25, -0.2) is 4.79 Å². The molecule has 3 amide bonds. The molecule has 1 N–H and O–H groups in total. The van der Waals surface area contributed by atoms with Crippen LogP contribution >= 0.6 is 0 Å². The minimum Gasteiger partial charge on any atom is -0.346 e. The van der Waals surface area contributed by atoms with E-state index in [0.29, 0.717) is 17.9 Å². The first-order chi connectivity index (χ1) is 12.0. The first kappa shape index (κ1) is 20.2. The summed E-state index contributed by atoms with van der Waals surface area (Å²) >= 11 is 0. The molecule has 1 fully saturated rings. The molecule has 2 rings (SSSR count). The highest BCUT2D eigenvalue weighted by Crippen LogP contribution is 2.26. The van der Waals surface area contributed by atoms with Gasteiger partial charge in [-0.3, -0.25) is 14.5 Å². The van der Waals surface area contributed by atoms with Crippen molar-refractivity contribution in [3.8, 4) is 0 Å². The molecule has 0 bridgehead atoms. The van der Waals surface area contributed by atoms with Gasteiger partial charge >= 0.3 is 6.03 Å². The molecule has 1 atom stereocenters. The second-order valence-electron chi connectivity index (χ2n) is 8.26. The minimum absolute atomic E-state index is 0.207. The van der Waals surface area contributed by atoms with Crippen molar-refractivity contribution >= 4 is 17.7 Å². The smallest absolute Gasteiger partial charge is 0.325 e. The Balaban J connectivity index is 2.18. The molecule has 26 heavy (non-hydrogen) atoms. The van der Waals surface area contributed by atoms with Crippen molar-refractivity contribution in [3.05, 3.63) is 23.0 Å². The van der Waals surface area contributed by atoms with E-state index in [1.165, 1.54) is 0 Å². The molecule has 1 aliphatic heterocycles. The quantitative estimate of drug-likeness (QED) is 0.596. The van der Waals surface area contributed by atoms with E-state index in [9.17, 15) is 14.4 Å². The molecule has 0 aromatic carbocycles. The van der Waals surface area contributed by atoms with Crippen LogP contribution in [0.15, 0.2) is 6.07 Å². The third-order valence-electron chi connectivity index (χ3n) is 5.17. The van der Waals surface area contributed by atoms with Crippen LogP contribution in [0.25, 0.3) is 0 Å². The first-order valence-corrected chi connectivity index (χ1v) is 9.33. The topological polar surface area (TPSA) is 71.4 Å². The van der Waals surface area contributed by atoms with E-state index < -0.39 is 11.6 Å². The average Bonchev–Trinajstić information content (AvgIpc) is 2.94. The van der Waals surface area contributed by atoms with Gasteiger partial charge in [-0.15, -0.1) is 0 Å². The Kier molecular flexibility index (Phi) is 5.64. The number of imide groups is 1. The number of hydrogen-bond donors (Lipinski definition) is 1. The summed E-state index contributed by atoms with van der Waals surface area (Å²) in [5.41, 5.74) is 1.53. The van der Waals surface area contributed by atoms with Gasteiger partial charge in [-0.2, -0.15) is 0 Å². The zero-order valence-electron chi connectivity index (χ0n) is 17.0. The van der Waals surface area contributed by atoms with Crippen molar-refractivity contribution in [1.29, 1.82) is 0 Å². The number of urea groups is 1. The van der Waals surface area contributed by atoms with Crippen LogP contribution in [0.3, 0.4) is 0 Å². The summed E-state index contributed by atoms with van der Waals surface area (Å²) in [5, 5.41) is 2.77. The highest BCUT2D eigenvalue weighted by molar-refractivity contribution is 6.11. The summed E-state index contributed by atoms with van der Waals surface area (Å²) in [5.74, 6) is -0.0793. The molecule has 0 spiro atoms. The van der Waals surface area contributed by atoms with Gasteiger partial charge in [0, 0.05) is 23.0 Å². The Morgan fingerprint density at radius 1 is 1.19 bits per heavy atom. The number of nitrogens with zero attached hydrogens (tertiary/aromatic N) is 2. The van der Waals surface area contributed by atoms with Crippen molar-refractivity contribution in [3.63, 3.8) is 0 Å². The fraction of sp³-hybridized carbons (Fsp3) is 0.650. The van der Waals surface area contributed by atoms with Crippen LogP contribution in [0.5, 0.6) is 0 Å². The molecule has 1 aromatic heterocycles. The largest absolute Gasteiger partial charge is 0.346 e. The van der Waals surface area contributed by atoms with E-state index >= 15 is 0 Å². The van der Waals surface area contributed by atoms with Gasteiger partial charge in [0.15, 0.2) is 5.78 Å². The van der Waals surface area contributed by atoms with E-state index in [1.54, 1.807) is 6.92 Å². The zero-order valence-corrected chi connectivity index (χ0v) is 17.0. The summed E-state index contributed by atoms with van der Waals surface area (Å²) in [7, 11) is 0. The second kappa shape index (κ2) is 7.25. The van der Waals surface area contributed by atoms with Crippen molar-refractivity contribution in [2.24, 2.45) is 5.92 Å². The van der Waals surface area contributed by atoms with Crippen LogP contribution in [-0.4, -0.2) is 39.3 Å². The van der Waals surface area contributed by atoms with Crippen molar-refractivity contribution in [1.82, 2.24) is 14.8 Å². The minimum atomic E-state index is -0.920. The lowest BCUT2D eigenvalue weighted by Crippen LogP contribution is -2.44. The molecular formula is C20H31N3O3. The zero-order chi connectivity index (χ0) is 19.8. The van der Waals surface area contributed by atoms with Crippen LogP contribution in [0, 0.1) is 19.8 Å². The van der Waals surface area contributed by atoms with E-state index in [1.807, 2.05) is 19.9 Å². The molecule has 6 nitrogen and oxygen atoms in total. The van der Waals surface area contributed by atoms with Gasteiger partial charge in [0.05, 0.1) is 6.54 Å². The standard InChI is InChI=1S/C20H31N3O3/c1-12(2)8-9-20(7)18(25)22(19(26)21-20)11-17(24)16-10-14(5)23(13(3)4)15(16)6/h10,12-13H,8-9,11H2,1-7H3,(H,21,26)/t20-/m1/s1. The van der Waals surface area contributed by atoms with E-state index in [4.69, 9.17) is 0 Å². The van der Waals surface area contributed by atoms with Crippen LogP contribution in [0.4, 0.5) is 4.79 Å². The number of carbonyl (C=O) groups is 3. The number of rotatable bonds is 7. The Morgan fingerprint density at radius 2 is 1.81 bits per heavy atom. The molecular weight excluding hydrogens is 330 g/mol. The summed E-state index contributed by atoms with van der Waals surface area (Å²) in [6.07, 6.45) is 1.40. The van der Waals surface area contributed by atoms with E-state index in [2.05, 4.69) is 37.6 Å². The molecule has 0 saturated carbocycles. The Morgan fingerprint density at radius 3 is 2.31 bits per heavy atom. The molecule has 0 aliphatic carbocycles. The summed E-state index contributed by atoms with van der Waals surface area (Å²) in [6, 6.07) is 1.61. The van der Waals surface area contributed by atoms with Crippen molar-refractivity contribution < 1.29 is 14.4 Å². The van der Waals surface area contributed by atoms with Crippen molar-refractivity contribution in [2.75, 3.05) is 6.54 Å². The molecule has 144 valence electrons. The van der Waals surface area contributed by atoms with Gasteiger partial charge in [0.2, 0.25) is 0 Å². The number of aromatic nitrogens is 1. The molecule has 1 saturated heterocycles. The Hall–Kier alpha value is -2.11. The molecule has 6 heteroatoms. The molecule has 0 radical (unpaired) electrons. The molecule has 0 unspecified atom stereocenters. The lowest BCUT2D eigenvalue weighted by atomic mass is 9.92. The monoisotopic (exact) mass is 361 g/mol. The summed E-state index contributed by atoms with van der Waals surface area (Å²) in [4.78, 5) is 38.9. The summed E-state index contributed by atoms with van der Waals surface area (Å²) < 4.78 is 2.09. The SMILES string of the molecule is Cc1cc(C(=O)CN2C(=O)N[C@](C)(CCC(C)C)C2=O)c(C)n1C(C)C. The molecule has 1 aromatic rings. The maximum absolute atomic E-state index is 12.8. The van der Waals surface area contributed by atoms with Gasteiger partial charge in [-0.05, 0) is 59.4 Å². The Labute approximate surface area is 155 Å². The van der Waals surface area contributed by atoms with Gasteiger partial charge in [0.25, 0.3) is 5.91 Å². The maximum Gasteiger partial charge on any atom is 0.325 e. The number of Topliss-reactive ketones (excluding diaryl/α,β-unsaturated/α-hetero) is 1. The van der Waals surface area contributed by atoms with Crippen molar-refractivity contribution in [2.45, 2.75) is 72.9 Å². The predicted molar refractivity (Wildman–Crippen MR) is 101 cm³/mol. The van der Waals surface area contributed by atoms with Crippen LogP contribution in [0.1, 0.15) is 75.2 Å². The fourth-order valence-corrected chi connectivity index (χ4v) is 3.72. The van der Waals surface area contributed by atoms with E-state index in [0.717, 1.165) is 22.7 Å². The number of amides is 3. The van der Waals surface area contributed by atoms with E-state index in [-0.39, 0.29) is 24.3 Å². The third-order valence-corrected chi connectivity index (χ3v) is 5.17. The highest BCUT2D eigenvalue weighted by atomic mass is 16.2.